The molecule has 3 heteroatoms. The lowest BCUT2D eigenvalue weighted by Gasteiger charge is -2.13. The third-order valence-corrected chi connectivity index (χ3v) is 3.87. The molecule has 22 heavy (non-hydrogen) atoms. The molecule has 0 aliphatic carbocycles. The molecular formula is C19H17NO2. The molecule has 1 amide bonds. The molecule has 2 aromatic carbocycles. The van der Waals surface area contributed by atoms with Gasteiger partial charge in [0.25, 0.3) is 5.91 Å². The number of carbonyl (C=O) groups excluding carboxylic acids is 2. The van der Waals surface area contributed by atoms with E-state index in [4.69, 9.17) is 0 Å². The monoisotopic (exact) mass is 291 g/mol. The lowest BCUT2D eigenvalue weighted by Crippen LogP contribution is -2.26. The second kappa shape index (κ2) is 5.98. The molecule has 3 rings (SSSR count). The van der Waals surface area contributed by atoms with E-state index >= 15 is 0 Å². The maximum absolute atomic E-state index is 12.2. The Morgan fingerprint density at radius 2 is 1.68 bits per heavy atom. The van der Waals surface area contributed by atoms with Crippen LogP contribution in [0.5, 0.6) is 0 Å². The van der Waals surface area contributed by atoms with E-state index in [9.17, 15) is 9.59 Å². The van der Waals surface area contributed by atoms with Crippen molar-refractivity contribution in [1.29, 1.82) is 0 Å². The molecule has 110 valence electrons. The Hall–Kier alpha value is -2.68. The van der Waals surface area contributed by atoms with Gasteiger partial charge in [-0.05, 0) is 29.7 Å². The number of ketones is 1. The first-order valence-corrected chi connectivity index (χ1v) is 7.29. The number of benzene rings is 2. The van der Waals surface area contributed by atoms with Crippen LogP contribution in [0.2, 0.25) is 0 Å². The van der Waals surface area contributed by atoms with Crippen LogP contribution >= 0.6 is 0 Å². The van der Waals surface area contributed by atoms with Gasteiger partial charge in [-0.15, -0.1) is 0 Å². The molecule has 0 spiro atoms. The van der Waals surface area contributed by atoms with Crippen molar-refractivity contribution in [2.75, 3.05) is 6.54 Å². The Labute approximate surface area is 129 Å². The molecule has 1 heterocycles. The topological polar surface area (TPSA) is 37.4 Å². The van der Waals surface area contributed by atoms with Crippen molar-refractivity contribution in [1.82, 2.24) is 4.90 Å². The van der Waals surface area contributed by atoms with E-state index in [1.165, 1.54) is 0 Å². The molecule has 0 atom stereocenters. The molecule has 1 saturated heterocycles. The largest absolute Gasteiger partial charge is 0.327 e. The van der Waals surface area contributed by atoms with Crippen LogP contribution in [0.15, 0.2) is 60.2 Å². The van der Waals surface area contributed by atoms with Crippen molar-refractivity contribution in [2.24, 2.45) is 0 Å². The maximum Gasteiger partial charge on any atom is 0.295 e. The van der Waals surface area contributed by atoms with Crippen LogP contribution in [0.3, 0.4) is 0 Å². The van der Waals surface area contributed by atoms with Crippen molar-refractivity contribution in [2.45, 2.75) is 13.5 Å². The first-order valence-electron chi connectivity index (χ1n) is 7.29. The fraction of sp³-hybridized carbons (Fsp3) is 0.158. The average molecular weight is 291 g/mol. The fourth-order valence-corrected chi connectivity index (χ4v) is 2.61. The van der Waals surface area contributed by atoms with Gasteiger partial charge in [0.1, 0.15) is 0 Å². The summed E-state index contributed by atoms with van der Waals surface area (Å²) >= 11 is 0. The van der Waals surface area contributed by atoms with Gasteiger partial charge in [-0.3, -0.25) is 9.59 Å². The van der Waals surface area contributed by atoms with Crippen molar-refractivity contribution in [3.8, 4) is 0 Å². The Morgan fingerprint density at radius 3 is 2.41 bits per heavy atom. The third kappa shape index (κ3) is 2.84. The zero-order valence-corrected chi connectivity index (χ0v) is 12.5. The summed E-state index contributed by atoms with van der Waals surface area (Å²) in [5.74, 6) is -0.803. The molecule has 0 N–H and O–H groups in total. The van der Waals surface area contributed by atoms with Crippen molar-refractivity contribution >= 4 is 17.8 Å². The minimum Gasteiger partial charge on any atom is -0.327 e. The first-order chi connectivity index (χ1) is 10.6. The number of hydrogen-bond acceptors (Lipinski definition) is 2. The Morgan fingerprint density at radius 1 is 1.00 bits per heavy atom. The van der Waals surface area contributed by atoms with Crippen LogP contribution in [0, 0.1) is 6.92 Å². The normalized spacial score (nSPS) is 16.6. The second-order valence-corrected chi connectivity index (χ2v) is 5.50. The summed E-state index contributed by atoms with van der Waals surface area (Å²) in [7, 11) is 0. The first kappa shape index (κ1) is 14.3. The van der Waals surface area contributed by atoms with Crippen LogP contribution in [0.4, 0.5) is 0 Å². The molecule has 2 aromatic rings. The molecular weight excluding hydrogens is 274 g/mol. The molecule has 0 saturated carbocycles. The van der Waals surface area contributed by atoms with Crippen LogP contribution in [0.25, 0.3) is 6.08 Å². The number of likely N-dealkylation sites (tertiary alicyclic amines) is 1. The minimum atomic E-state index is -0.413. The van der Waals surface area contributed by atoms with E-state index in [0.29, 0.717) is 18.7 Å². The van der Waals surface area contributed by atoms with Gasteiger partial charge >= 0.3 is 0 Å². The lowest BCUT2D eigenvalue weighted by molar-refractivity contribution is -0.139. The zero-order chi connectivity index (χ0) is 15.5. The van der Waals surface area contributed by atoms with Gasteiger partial charge in [0.2, 0.25) is 5.78 Å². The maximum atomic E-state index is 12.2. The van der Waals surface area contributed by atoms with E-state index in [1.807, 2.05) is 67.6 Å². The standard InChI is InChI=1S/C19H17NO2/c1-14-7-5-6-10-16(14)11-17-13-20(19(22)18(17)21)12-15-8-3-2-4-9-15/h2-11H,12-13H2,1H3/b17-11-. The summed E-state index contributed by atoms with van der Waals surface area (Å²) in [6, 6.07) is 17.6. The third-order valence-electron chi connectivity index (χ3n) is 3.87. The van der Waals surface area contributed by atoms with Gasteiger partial charge in [-0.25, -0.2) is 0 Å². The van der Waals surface area contributed by atoms with Crippen LogP contribution in [-0.4, -0.2) is 23.1 Å². The molecule has 0 radical (unpaired) electrons. The van der Waals surface area contributed by atoms with Gasteiger partial charge in [-0.1, -0.05) is 54.6 Å². The van der Waals surface area contributed by atoms with Crippen molar-refractivity contribution < 1.29 is 9.59 Å². The highest BCUT2D eigenvalue weighted by Gasteiger charge is 2.33. The summed E-state index contributed by atoms with van der Waals surface area (Å²) in [6.07, 6.45) is 1.83. The summed E-state index contributed by atoms with van der Waals surface area (Å²) in [5, 5.41) is 0. The van der Waals surface area contributed by atoms with Gasteiger partial charge in [0.15, 0.2) is 0 Å². The number of aryl methyl sites for hydroxylation is 1. The molecule has 0 unspecified atom stereocenters. The van der Waals surface area contributed by atoms with Gasteiger partial charge in [0, 0.05) is 12.1 Å². The van der Waals surface area contributed by atoms with Crippen molar-refractivity contribution in [3.05, 3.63) is 76.9 Å². The number of rotatable bonds is 3. The fourth-order valence-electron chi connectivity index (χ4n) is 2.61. The van der Waals surface area contributed by atoms with E-state index in [-0.39, 0.29) is 5.78 Å². The number of hydrogen-bond donors (Lipinski definition) is 0. The summed E-state index contributed by atoms with van der Waals surface area (Å²) < 4.78 is 0. The Kier molecular flexibility index (Phi) is 3.88. The highest BCUT2D eigenvalue weighted by atomic mass is 16.2. The smallest absolute Gasteiger partial charge is 0.295 e. The average Bonchev–Trinajstić information content (AvgIpc) is 2.79. The molecule has 3 nitrogen and oxygen atoms in total. The van der Waals surface area contributed by atoms with Crippen molar-refractivity contribution in [3.63, 3.8) is 0 Å². The van der Waals surface area contributed by atoms with E-state index in [0.717, 1.165) is 16.7 Å². The number of nitrogens with zero attached hydrogens (tertiary/aromatic N) is 1. The van der Waals surface area contributed by atoms with Gasteiger partial charge < -0.3 is 4.90 Å². The summed E-state index contributed by atoms with van der Waals surface area (Å²) in [4.78, 5) is 25.9. The van der Waals surface area contributed by atoms with Crippen LogP contribution in [0.1, 0.15) is 16.7 Å². The Balaban J connectivity index is 1.83. The quantitative estimate of drug-likeness (QED) is 0.644. The predicted octanol–water partition coefficient (Wildman–Crippen LogP) is 2.99. The predicted molar refractivity (Wildman–Crippen MR) is 86.0 cm³/mol. The SMILES string of the molecule is Cc1ccccc1/C=C1/CN(Cc2ccccc2)C(=O)C1=O. The molecule has 0 aromatic heterocycles. The Bertz CT molecular complexity index is 747. The van der Waals surface area contributed by atoms with E-state index in [2.05, 4.69) is 0 Å². The van der Waals surface area contributed by atoms with Crippen LogP contribution < -0.4 is 0 Å². The minimum absolute atomic E-state index is 0.376. The number of amides is 1. The summed E-state index contributed by atoms with van der Waals surface area (Å²) in [6.45, 7) is 2.84. The van der Waals surface area contributed by atoms with Gasteiger partial charge in [0.05, 0.1) is 6.54 Å². The molecule has 0 bridgehead atoms. The van der Waals surface area contributed by atoms with Gasteiger partial charge in [-0.2, -0.15) is 0 Å². The number of Topliss-reactive ketones (excluding diaryl/α,β-unsaturated/α-hetero) is 1. The summed E-state index contributed by atoms with van der Waals surface area (Å²) in [5.41, 5.74) is 3.67. The lowest BCUT2D eigenvalue weighted by atomic mass is 10.0. The van der Waals surface area contributed by atoms with E-state index < -0.39 is 5.91 Å². The highest BCUT2D eigenvalue weighted by molar-refractivity contribution is 6.45. The highest BCUT2D eigenvalue weighted by Crippen LogP contribution is 2.20. The van der Waals surface area contributed by atoms with E-state index in [1.54, 1.807) is 4.90 Å². The zero-order valence-electron chi connectivity index (χ0n) is 12.5. The second-order valence-electron chi connectivity index (χ2n) is 5.50. The number of carbonyl (C=O) groups is 2. The molecule has 1 aliphatic heterocycles. The van der Waals surface area contributed by atoms with Crippen LogP contribution in [-0.2, 0) is 16.1 Å². The molecule has 1 fully saturated rings. The molecule has 1 aliphatic rings.